The molecule has 0 saturated heterocycles. The van der Waals surface area contributed by atoms with Crippen LogP contribution in [0, 0.1) is 6.92 Å². The van der Waals surface area contributed by atoms with E-state index in [1.807, 2.05) is 6.92 Å². The number of nitrogens with one attached hydrogen (secondary N) is 1. The van der Waals surface area contributed by atoms with Crippen LogP contribution in [0.15, 0.2) is 24.8 Å². The normalized spacial score (nSPS) is 10.9. The lowest BCUT2D eigenvalue weighted by atomic mass is 10.00. The van der Waals surface area contributed by atoms with Crippen molar-refractivity contribution in [3.05, 3.63) is 41.6 Å². The van der Waals surface area contributed by atoms with Gasteiger partial charge >= 0.3 is 0 Å². The van der Waals surface area contributed by atoms with Gasteiger partial charge in [-0.15, -0.1) is 0 Å². The average molecular weight is 213 g/mol. The van der Waals surface area contributed by atoms with Crippen molar-refractivity contribution in [3.63, 3.8) is 0 Å². The Kier molecular flexibility index (Phi) is 2.86. The van der Waals surface area contributed by atoms with Gasteiger partial charge in [-0.3, -0.25) is 0 Å². The molecule has 1 heterocycles. The van der Waals surface area contributed by atoms with Crippen LogP contribution >= 0.6 is 0 Å². The Labute approximate surface area is 97.2 Å². The minimum Gasteiger partial charge on any atom is -0.355 e. The van der Waals surface area contributed by atoms with Gasteiger partial charge < -0.3 is 4.98 Å². The molecule has 0 unspecified atom stereocenters. The highest BCUT2D eigenvalue weighted by atomic mass is 14.7. The number of hydrogen-bond acceptors (Lipinski definition) is 0. The Bertz CT molecular complexity index is 532. The van der Waals surface area contributed by atoms with Gasteiger partial charge in [0.1, 0.15) is 0 Å². The first kappa shape index (κ1) is 11.0. The molecule has 16 heavy (non-hydrogen) atoms. The smallest absolute Gasteiger partial charge is 0.0461 e. The molecule has 0 fully saturated rings. The maximum Gasteiger partial charge on any atom is 0.0461 e. The van der Waals surface area contributed by atoms with Gasteiger partial charge in [0.15, 0.2) is 0 Å². The van der Waals surface area contributed by atoms with E-state index in [2.05, 4.69) is 43.6 Å². The minimum atomic E-state index is 1.09. The standard InChI is InChI=1S/C15H19N/c1-5-6-12-11(4)7-8-14-13(12)9-15(16-14)10(2)3/h7-9,16H,2,5-6H2,1,3-4H3. The van der Waals surface area contributed by atoms with Crippen LogP contribution in [0.4, 0.5) is 0 Å². The maximum atomic E-state index is 3.99. The lowest BCUT2D eigenvalue weighted by Gasteiger charge is -2.05. The third-order valence-corrected chi connectivity index (χ3v) is 3.11. The molecule has 2 rings (SSSR count). The summed E-state index contributed by atoms with van der Waals surface area (Å²) in [5.41, 5.74) is 6.34. The number of hydrogen-bond donors (Lipinski definition) is 1. The number of aromatic amines is 1. The maximum absolute atomic E-state index is 3.99. The van der Waals surface area contributed by atoms with Crippen LogP contribution in [-0.4, -0.2) is 4.98 Å². The highest BCUT2D eigenvalue weighted by Gasteiger charge is 2.07. The summed E-state index contributed by atoms with van der Waals surface area (Å²) in [4.78, 5) is 3.42. The number of fused-ring (bicyclic) bond motifs is 1. The van der Waals surface area contributed by atoms with Crippen molar-refractivity contribution in [2.24, 2.45) is 0 Å². The highest BCUT2D eigenvalue weighted by Crippen LogP contribution is 2.26. The quantitative estimate of drug-likeness (QED) is 0.774. The van der Waals surface area contributed by atoms with Crippen molar-refractivity contribution in [2.45, 2.75) is 33.6 Å². The first-order valence-electron chi connectivity index (χ1n) is 5.90. The molecule has 1 heteroatoms. The molecule has 2 aromatic rings. The summed E-state index contributed by atoms with van der Waals surface area (Å²) in [5, 5.41) is 1.36. The molecular formula is C15H19N. The third-order valence-electron chi connectivity index (χ3n) is 3.11. The molecule has 1 N–H and O–H groups in total. The zero-order valence-corrected chi connectivity index (χ0v) is 10.4. The Morgan fingerprint density at radius 1 is 1.38 bits per heavy atom. The van der Waals surface area contributed by atoms with Gasteiger partial charge in [-0.1, -0.05) is 26.0 Å². The summed E-state index contributed by atoms with van der Waals surface area (Å²) in [6, 6.07) is 6.60. The Morgan fingerprint density at radius 2 is 2.12 bits per heavy atom. The van der Waals surface area contributed by atoms with E-state index in [9.17, 15) is 0 Å². The summed E-state index contributed by atoms with van der Waals surface area (Å²) in [7, 11) is 0. The molecule has 0 aliphatic carbocycles. The number of allylic oxidation sites excluding steroid dienone is 1. The second-order valence-corrected chi connectivity index (χ2v) is 4.54. The summed E-state index contributed by atoms with van der Waals surface area (Å²) >= 11 is 0. The largest absolute Gasteiger partial charge is 0.355 e. The second kappa shape index (κ2) is 4.17. The van der Waals surface area contributed by atoms with Gasteiger partial charge in [0.05, 0.1) is 0 Å². The fourth-order valence-corrected chi connectivity index (χ4v) is 2.18. The number of aryl methyl sites for hydroxylation is 2. The number of aromatic nitrogens is 1. The van der Waals surface area contributed by atoms with Crippen molar-refractivity contribution in [2.75, 3.05) is 0 Å². The van der Waals surface area contributed by atoms with Crippen LogP contribution < -0.4 is 0 Å². The van der Waals surface area contributed by atoms with E-state index in [1.54, 1.807) is 0 Å². The number of rotatable bonds is 3. The van der Waals surface area contributed by atoms with Gasteiger partial charge in [0.25, 0.3) is 0 Å². The Hall–Kier alpha value is -1.50. The molecule has 0 amide bonds. The van der Waals surface area contributed by atoms with Gasteiger partial charge in [0.2, 0.25) is 0 Å². The van der Waals surface area contributed by atoms with E-state index in [-0.39, 0.29) is 0 Å². The topological polar surface area (TPSA) is 15.8 Å². The molecule has 84 valence electrons. The first-order valence-corrected chi connectivity index (χ1v) is 5.90. The summed E-state index contributed by atoms with van der Waals surface area (Å²) in [6.45, 7) is 10.4. The zero-order valence-electron chi connectivity index (χ0n) is 10.4. The molecular weight excluding hydrogens is 194 g/mol. The van der Waals surface area contributed by atoms with Crippen LogP contribution in [0.3, 0.4) is 0 Å². The van der Waals surface area contributed by atoms with Crippen LogP contribution in [0.5, 0.6) is 0 Å². The molecule has 0 spiro atoms. The monoisotopic (exact) mass is 213 g/mol. The number of H-pyrrole nitrogens is 1. The van der Waals surface area contributed by atoms with E-state index in [4.69, 9.17) is 0 Å². The summed E-state index contributed by atoms with van der Waals surface area (Å²) in [6.07, 6.45) is 2.34. The molecule has 0 aliphatic rings. The van der Waals surface area contributed by atoms with Gasteiger partial charge in [-0.05, 0) is 49.1 Å². The number of benzene rings is 1. The van der Waals surface area contributed by atoms with Crippen LogP contribution in [0.1, 0.15) is 37.1 Å². The molecule has 0 atom stereocenters. The molecule has 0 saturated carbocycles. The first-order chi connectivity index (χ1) is 7.63. The fraction of sp³-hybridized carbons (Fsp3) is 0.333. The molecule has 0 bridgehead atoms. The van der Waals surface area contributed by atoms with Crippen molar-refractivity contribution < 1.29 is 0 Å². The summed E-state index contributed by atoms with van der Waals surface area (Å²) in [5.74, 6) is 0. The van der Waals surface area contributed by atoms with Crippen molar-refractivity contribution in [3.8, 4) is 0 Å². The molecule has 0 radical (unpaired) electrons. The van der Waals surface area contributed by atoms with E-state index in [0.29, 0.717) is 0 Å². The van der Waals surface area contributed by atoms with E-state index < -0.39 is 0 Å². The van der Waals surface area contributed by atoms with Gasteiger partial charge in [0, 0.05) is 16.6 Å². The van der Waals surface area contributed by atoms with Crippen molar-refractivity contribution in [1.82, 2.24) is 4.98 Å². The SMILES string of the molecule is C=C(C)c1cc2c(CCC)c(C)ccc2[nH]1. The Morgan fingerprint density at radius 3 is 2.75 bits per heavy atom. The van der Waals surface area contributed by atoms with Gasteiger partial charge in [-0.25, -0.2) is 0 Å². The van der Waals surface area contributed by atoms with Crippen molar-refractivity contribution >= 4 is 16.5 Å². The third kappa shape index (κ3) is 1.78. The van der Waals surface area contributed by atoms with E-state index >= 15 is 0 Å². The molecule has 1 aromatic carbocycles. The lowest BCUT2D eigenvalue weighted by molar-refractivity contribution is 0.921. The molecule has 1 nitrogen and oxygen atoms in total. The fourth-order valence-electron chi connectivity index (χ4n) is 2.18. The zero-order chi connectivity index (χ0) is 11.7. The lowest BCUT2D eigenvalue weighted by Crippen LogP contribution is -1.88. The van der Waals surface area contributed by atoms with E-state index in [0.717, 1.165) is 17.7 Å². The van der Waals surface area contributed by atoms with Gasteiger partial charge in [-0.2, -0.15) is 0 Å². The average Bonchev–Trinajstić information content (AvgIpc) is 2.66. The second-order valence-electron chi connectivity index (χ2n) is 4.54. The van der Waals surface area contributed by atoms with Crippen molar-refractivity contribution in [1.29, 1.82) is 0 Å². The van der Waals surface area contributed by atoms with E-state index in [1.165, 1.54) is 28.5 Å². The Balaban J connectivity index is 2.66. The predicted octanol–water partition coefficient (Wildman–Crippen LogP) is 4.46. The van der Waals surface area contributed by atoms with Crippen LogP contribution in [0.25, 0.3) is 16.5 Å². The molecule has 1 aromatic heterocycles. The van der Waals surface area contributed by atoms with Crippen LogP contribution in [-0.2, 0) is 6.42 Å². The van der Waals surface area contributed by atoms with Crippen LogP contribution in [0.2, 0.25) is 0 Å². The summed E-state index contributed by atoms with van der Waals surface area (Å²) < 4.78 is 0. The molecule has 0 aliphatic heterocycles. The predicted molar refractivity (Wildman–Crippen MR) is 71.7 cm³/mol. The minimum absolute atomic E-state index is 1.09. The highest BCUT2D eigenvalue weighted by molar-refractivity contribution is 5.88.